The van der Waals surface area contributed by atoms with Gasteiger partial charge in [0.1, 0.15) is 12.6 Å². The fourth-order valence-electron chi connectivity index (χ4n) is 2.38. The number of carboxylic acids is 2. The second-order valence-corrected chi connectivity index (χ2v) is 8.79. The lowest BCUT2D eigenvalue weighted by molar-refractivity contribution is -0.141. The smallest absolute Gasteiger partial charge is 0.322 e. The highest BCUT2D eigenvalue weighted by atomic mass is 32.2. The highest BCUT2D eigenvalue weighted by Crippen LogP contribution is 2.18. The van der Waals surface area contributed by atoms with Crippen LogP contribution in [0.1, 0.15) is 19.8 Å². The molecule has 3 unspecified atom stereocenters. The van der Waals surface area contributed by atoms with Crippen molar-refractivity contribution >= 4 is 58.2 Å². The summed E-state index contributed by atoms with van der Waals surface area (Å²) in [5, 5.41) is 24.7. The van der Waals surface area contributed by atoms with Gasteiger partial charge in [-0.2, -0.15) is 0 Å². The molecule has 3 amide bonds. The molecule has 3 atom stereocenters. The van der Waals surface area contributed by atoms with Crippen LogP contribution in [-0.2, 0) is 35.1 Å². The summed E-state index contributed by atoms with van der Waals surface area (Å²) in [6.45, 7) is 0.771. The van der Waals surface area contributed by atoms with E-state index in [1.807, 2.05) is 0 Å². The quantitative estimate of drug-likeness (QED) is 0.190. The Morgan fingerprint density at radius 1 is 1.09 bits per heavy atom. The normalized spacial score (nSPS) is 13.3. The minimum absolute atomic E-state index is 0.0182. The van der Waals surface area contributed by atoms with Crippen molar-refractivity contribution in [2.24, 2.45) is 5.92 Å². The maximum atomic E-state index is 12.3. The summed E-state index contributed by atoms with van der Waals surface area (Å²) < 4.78 is 20.6. The number of carbonyl (C=O) groups is 5. The van der Waals surface area contributed by atoms with E-state index in [2.05, 4.69) is 16.0 Å². The van der Waals surface area contributed by atoms with Crippen molar-refractivity contribution in [2.75, 3.05) is 23.4 Å². The molecule has 182 valence electrons. The molecule has 0 heterocycles. The van der Waals surface area contributed by atoms with E-state index >= 15 is 0 Å². The van der Waals surface area contributed by atoms with Gasteiger partial charge in [-0.25, -0.2) is 4.21 Å². The molecule has 1 rings (SSSR count). The summed E-state index contributed by atoms with van der Waals surface area (Å²) in [5.74, 6) is -5.24. The zero-order chi connectivity index (χ0) is 25.0. The summed E-state index contributed by atoms with van der Waals surface area (Å²) in [5.41, 5.74) is 0.153. The Morgan fingerprint density at radius 3 is 2.36 bits per heavy atom. The topological polar surface area (TPSA) is 199 Å². The molecule has 0 aliphatic rings. The van der Waals surface area contributed by atoms with Crippen molar-refractivity contribution in [3.8, 4) is 0 Å². The number of carboxylic acid groups (broad SMARTS) is 2. The number of aliphatic carboxylic acids is 2. The number of thioether (sulfide) groups is 1. The van der Waals surface area contributed by atoms with Crippen LogP contribution in [0, 0.1) is 5.92 Å². The third kappa shape index (κ3) is 10.9. The van der Waals surface area contributed by atoms with Crippen LogP contribution in [0.4, 0.5) is 5.69 Å². The fourth-order valence-corrected chi connectivity index (χ4v) is 3.73. The van der Waals surface area contributed by atoms with Gasteiger partial charge in [-0.15, -0.1) is 11.8 Å². The molecule has 0 radical (unpaired) electrons. The number of para-hydroxylation sites is 1. The van der Waals surface area contributed by atoms with Gasteiger partial charge in [-0.1, -0.05) is 19.1 Å². The van der Waals surface area contributed by atoms with E-state index in [0.717, 1.165) is 11.8 Å². The summed E-state index contributed by atoms with van der Waals surface area (Å²) in [4.78, 5) is 58.1. The summed E-state index contributed by atoms with van der Waals surface area (Å²) >= 11 is -1.34. The Hall–Kier alpha value is -2.97. The second kappa shape index (κ2) is 14.2. The van der Waals surface area contributed by atoms with Crippen molar-refractivity contribution in [3.63, 3.8) is 0 Å². The molecular weight excluding hydrogens is 478 g/mol. The zero-order valence-corrected chi connectivity index (χ0v) is 19.2. The molecule has 0 bridgehead atoms. The molecule has 0 saturated heterocycles. The van der Waals surface area contributed by atoms with E-state index in [4.69, 9.17) is 10.2 Å². The third-order valence-electron chi connectivity index (χ3n) is 4.16. The number of nitrogens with one attached hydrogen (secondary N) is 3. The second-order valence-electron chi connectivity index (χ2n) is 6.82. The molecule has 12 nitrogen and oxygen atoms in total. The predicted octanol–water partition coefficient (Wildman–Crippen LogP) is 0.125. The number of rotatable bonds is 14. The molecule has 6 N–H and O–H groups in total. The standard InChI is InChI=1S/C19H25N3O9S2/c1-11(19(28)29)6-7-15(23)22-13(18(27)20-8-17(25)26)9-32-10-16(24)21-12-4-2-3-5-14(12)33(30)31/h2-5,11,13H,6-10H2,1H3,(H,20,27)(H,21,24)(H,22,23)(H,25,26)(H,28,29)(H,30,31). The lowest BCUT2D eigenvalue weighted by Crippen LogP contribution is -2.49. The van der Waals surface area contributed by atoms with Gasteiger partial charge >= 0.3 is 11.9 Å². The molecule has 1 aromatic rings. The molecule has 1 aromatic carbocycles. The van der Waals surface area contributed by atoms with E-state index in [9.17, 15) is 32.7 Å². The summed E-state index contributed by atoms with van der Waals surface area (Å²) in [6.07, 6.45) is -0.109. The van der Waals surface area contributed by atoms with Gasteiger partial charge in [0, 0.05) is 12.2 Å². The van der Waals surface area contributed by atoms with E-state index < -0.39 is 59.2 Å². The van der Waals surface area contributed by atoms with E-state index in [0.29, 0.717) is 0 Å². The first-order valence-corrected chi connectivity index (χ1v) is 11.9. The molecule has 0 aliphatic carbocycles. The molecule has 0 fully saturated rings. The van der Waals surface area contributed by atoms with Crippen LogP contribution in [0.25, 0.3) is 0 Å². The largest absolute Gasteiger partial charge is 0.481 e. The molecule has 0 aliphatic heterocycles. The molecular formula is C19H25N3O9S2. The Labute approximate surface area is 196 Å². The van der Waals surface area contributed by atoms with Crippen LogP contribution in [0.2, 0.25) is 0 Å². The van der Waals surface area contributed by atoms with Gasteiger partial charge in [0.25, 0.3) is 0 Å². The maximum Gasteiger partial charge on any atom is 0.322 e. The van der Waals surface area contributed by atoms with Gasteiger partial charge in [0.2, 0.25) is 17.7 Å². The van der Waals surface area contributed by atoms with Crippen molar-refractivity contribution in [3.05, 3.63) is 24.3 Å². The van der Waals surface area contributed by atoms with E-state index in [1.54, 1.807) is 6.07 Å². The average Bonchev–Trinajstić information content (AvgIpc) is 2.75. The first-order chi connectivity index (χ1) is 15.5. The van der Waals surface area contributed by atoms with Crippen LogP contribution in [0.15, 0.2) is 29.2 Å². The van der Waals surface area contributed by atoms with Crippen LogP contribution in [-0.4, -0.2) is 72.7 Å². The van der Waals surface area contributed by atoms with Gasteiger partial charge in [0.15, 0.2) is 11.1 Å². The minimum atomic E-state index is -2.30. The molecule has 33 heavy (non-hydrogen) atoms. The number of anilines is 1. The van der Waals surface area contributed by atoms with E-state index in [-0.39, 0.29) is 34.9 Å². The van der Waals surface area contributed by atoms with Crippen LogP contribution >= 0.6 is 11.8 Å². The average molecular weight is 504 g/mol. The highest BCUT2D eigenvalue weighted by Gasteiger charge is 2.23. The van der Waals surface area contributed by atoms with Gasteiger partial charge < -0.3 is 30.7 Å². The van der Waals surface area contributed by atoms with Gasteiger partial charge in [0.05, 0.1) is 22.3 Å². The number of hydrogen-bond donors (Lipinski definition) is 6. The molecule has 0 aromatic heterocycles. The van der Waals surface area contributed by atoms with E-state index in [1.165, 1.54) is 25.1 Å². The summed E-state index contributed by atoms with van der Waals surface area (Å²) in [6, 6.07) is 4.78. The highest BCUT2D eigenvalue weighted by molar-refractivity contribution is 8.00. The van der Waals surface area contributed by atoms with Gasteiger partial charge in [-0.3, -0.25) is 24.0 Å². The van der Waals surface area contributed by atoms with Crippen molar-refractivity contribution < 1.29 is 42.9 Å². The number of carbonyl (C=O) groups excluding carboxylic acids is 3. The Balaban J connectivity index is 2.67. The van der Waals surface area contributed by atoms with Crippen molar-refractivity contribution in [1.82, 2.24) is 10.6 Å². The van der Waals surface area contributed by atoms with Crippen LogP contribution in [0.3, 0.4) is 0 Å². The first-order valence-electron chi connectivity index (χ1n) is 9.60. The molecule has 14 heteroatoms. The first kappa shape index (κ1) is 28.1. The summed E-state index contributed by atoms with van der Waals surface area (Å²) in [7, 11) is 0. The SMILES string of the molecule is CC(CCC(=O)NC(CSCC(=O)Nc1ccccc1S(=O)O)C(=O)NCC(=O)O)C(=O)O. The van der Waals surface area contributed by atoms with Gasteiger partial charge in [-0.05, 0) is 18.6 Å². The van der Waals surface area contributed by atoms with Crippen LogP contribution < -0.4 is 16.0 Å². The maximum absolute atomic E-state index is 12.3. The number of hydrogen-bond acceptors (Lipinski definition) is 7. The zero-order valence-electron chi connectivity index (χ0n) is 17.6. The number of amides is 3. The fraction of sp³-hybridized carbons (Fsp3) is 0.421. The Morgan fingerprint density at radius 2 is 1.76 bits per heavy atom. The van der Waals surface area contributed by atoms with Crippen LogP contribution in [0.5, 0.6) is 0 Å². The Kier molecular flexibility index (Phi) is 12.1. The van der Waals surface area contributed by atoms with Crippen molar-refractivity contribution in [1.29, 1.82) is 0 Å². The third-order valence-corrected chi connectivity index (χ3v) is 5.93. The monoisotopic (exact) mass is 503 g/mol. The molecule has 0 saturated carbocycles. The Bertz CT molecular complexity index is 910. The lowest BCUT2D eigenvalue weighted by Gasteiger charge is -2.18. The van der Waals surface area contributed by atoms with Crippen molar-refractivity contribution in [2.45, 2.75) is 30.7 Å². The lowest BCUT2D eigenvalue weighted by atomic mass is 10.1. The number of benzene rings is 1. The molecule has 0 spiro atoms. The predicted molar refractivity (Wildman–Crippen MR) is 120 cm³/mol. The minimum Gasteiger partial charge on any atom is -0.481 e.